The summed E-state index contributed by atoms with van der Waals surface area (Å²) >= 11 is 0. The van der Waals surface area contributed by atoms with Gasteiger partial charge in [-0.05, 0) is 32.4 Å². The van der Waals surface area contributed by atoms with Crippen LogP contribution in [0.2, 0.25) is 0 Å². The van der Waals surface area contributed by atoms with Crippen molar-refractivity contribution in [3.8, 4) is 0 Å². The lowest BCUT2D eigenvalue weighted by atomic mass is 9.96. The second kappa shape index (κ2) is 9.16. The highest BCUT2D eigenvalue weighted by Gasteiger charge is 2.38. The van der Waals surface area contributed by atoms with E-state index >= 15 is 0 Å². The Labute approximate surface area is 148 Å². The number of aliphatic carboxylic acids is 1. The van der Waals surface area contributed by atoms with Crippen molar-refractivity contribution >= 4 is 23.5 Å². The van der Waals surface area contributed by atoms with E-state index in [1.54, 1.807) is 11.1 Å². The maximum atomic E-state index is 12.1. The number of carboxylic acid groups (broad SMARTS) is 1. The van der Waals surface area contributed by atoms with E-state index in [2.05, 4.69) is 10.3 Å². The van der Waals surface area contributed by atoms with Gasteiger partial charge < -0.3 is 15.3 Å². The first-order valence-corrected chi connectivity index (χ1v) is 7.86. The van der Waals surface area contributed by atoms with Crippen LogP contribution in [0.3, 0.4) is 0 Å². The summed E-state index contributed by atoms with van der Waals surface area (Å²) in [7, 11) is 0. The molecule has 1 unspecified atom stereocenters. The Hall–Kier alpha value is -2.65. The third-order valence-electron chi connectivity index (χ3n) is 3.67. The first kappa shape index (κ1) is 21.4. The Bertz CT molecular complexity index is 647. The summed E-state index contributed by atoms with van der Waals surface area (Å²) in [5.74, 6) is -2.77. The summed E-state index contributed by atoms with van der Waals surface area (Å²) in [5.41, 5.74) is 1.62. The molecule has 1 atom stereocenters. The summed E-state index contributed by atoms with van der Waals surface area (Å²) in [6, 6.07) is 3.70. The average molecular weight is 375 g/mol. The topological polar surface area (TPSA) is 99.6 Å². The van der Waals surface area contributed by atoms with Gasteiger partial charge in [0.1, 0.15) is 0 Å². The number of alkyl halides is 3. The smallest absolute Gasteiger partial charge is 0.475 e. The number of anilines is 1. The lowest BCUT2D eigenvalue weighted by Crippen LogP contribution is -2.43. The van der Waals surface area contributed by atoms with Crippen LogP contribution in [0.25, 0.3) is 0 Å². The number of aromatic nitrogens is 1. The molecule has 0 aromatic carbocycles. The highest BCUT2D eigenvalue weighted by atomic mass is 19.4. The van der Waals surface area contributed by atoms with E-state index in [0.29, 0.717) is 31.6 Å². The van der Waals surface area contributed by atoms with Crippen molar-refractivity contribution in [3.63, 3.8) is 0 Å². The number of carbonyl (C=O) groups is 3. The highest BCUT2D eigenvalue weighted by Crippen LogP contribution is 2.19. The normalized spacial score (nSPS) is 17.2. The number of hydrogen-bond acceptors (Lipinski definition) is 4. The van der Waals surface area contributed by atoms with Crippen LogP contribution < -0.4 is 5.32 Å². The number of pyridine rings is 1. The minimum absolute atomic E-state index is 0.0309. The van der Waals surface area contributed by atoms with Crippen molar-refractivity contribution in [1.29, 1.82) is 0 Å². The second-order valence-corrected chi connectivity index (χ2v) is 5.65. The van der Waals surface area contributed by atoms with Crippen LogP contribution in [0.15, 0.2) is 18.3 Å². The molecule has 1 aromatic rings. The fourth-order valence-corrected chi connectivity index (χ4v) is 2.22. The van der Waals surface area contributed by atoms with Gasteiger partial charge in [0.15, 0.2) is 0 Å². The summed E-state index contributed by atoms with van der Waals surface area (Å²) < 4.78 is 31.7. The third kappa shape index (κ3) is 6.69. The summed E-state index contributed by atoms with van der Waals surface area (Å²) in [6.45, 7) is 5.01. The molecular weight excluding hydrogens is 355 g/mol. The quantitative estimate of drug-likeness (QED) is 0.844. The molecule has 2 heterocycles. The van der Waals surface area contributed by atoms with E-state index in [9.17, 15) is 22.8 Å². The predicted octanol–water partition coefficient (Wildman–Crippen LogP) is 2.22. The number of halogens is 3. The first-order chi connectivity index (χ1) is 12.0. The van der Waals surface area contributed by atoms with Gasteiger partial charge in [-0.1, -0.05) is 0 Å². The van der Waals surface area contributed by atoms with Crippen LogP contribution in [-0.4, -0.2) is 52.0 Å². The number of amides is 2. The molecule has 10 heteroatoms. The zero-order valence-corrected chi connectivity index (χ0v) is 14.3. The molecular formula is C16H20F3N3O4. The van der Waals surface area contributed by atoms with Gasteiger partial charge in [0.25, 0.3) is 0 Å². The molecule has 1 saturated heterocycles. The number of hydrogen-bond donors (Lipinski definition) is 2. The first-order valence-electron chi connectivity index (χ1n) is 7.86. The Morgan fingerprint density at radius 1 is 1.38 bits per heavy atom. The monoisotopic (exact) mass is 375 g/mol. The fraction of sp³-hybridized carbons (Fsp3) is 0.500. The molecule has 2 amide bonds. The van der Waals surface area contributed by atoms with E-state index in [4.69, 9.17) is 9.90 Å². The Morgan fingerprint density at radius 3 is 2.46 bits per heavy atom. The van der Waals surface area contributed by atoms with Gasteiger partial charge in [0.2, 0.25) is 11.8 Å². The van der Waals surface area contributed by atoms with Crippen molar-refractivity contribution in [2.24, 2.45) is 5.92 Å². The zero-order valence-electron chi connectivity index (χ0n) is 14.3. The van der Waals surface area contributed by atoms with Crippen molar-refractivity contribution in [2.75, 3.05) is 18.4 Å². The number of carbonyl (C=O) groups excluding carboxylic acids is 2. The molecule has 1 fully saturated rings. The van der Waals surface area contributed by atoms with Crippen LogP contribution in [-0.2, 0) is 14.4 Å². The Morgan fingerprint density at radius 2 is 2.00 bits per heavy atom. The molecule has 0 aliphatic carbocycles. The lowest BCUT2D eigenvalue weighted by molar-refractivity contribution is -0.192. The molecule has 0 spiro atoms. The fourth-order valence-electron chi connectivity index (χ4n) is 2.22. The van der Waals surface area contributed by atoms with E-state index in [-0.39, 0.29) is 17.7 Å². The summed E-state index contributed by atoms with van der Waals surface area (Å²) in [4.78, 5) is 38.5. The molecule has 0 bridgehead atoms. The van der Waals surface area contributed by atoms with Crippen LogP contribution in [0.4, 0.5) is 18.9 Å². The SMILES string of the molecule is CCN1CC(C(=O)Nc2ccc(C)nc2)CCC1=O.O=C(O)C(F)(F)F. The minimum atomic E-state index is -5.08. The molecule has 1 aliphatic rings. The summed E-state index contributed by atoms with van der Waals surface area (Å²) in [5, 5.41) is 9.98. The van der Waals surface area contributed by atoms with Crippen molar-refractivity contribution in [1.82, 2.24) is 9.88 Å². The lowest BCUT2D eigenvalue weighted by Gasteiger charge is -2.30. The van der Waals surface area contributed by atoms with Gasteiger partial charge in [-0.3, -0.25) is 14.6 Å². The molecule has 1 aliphatic heterocycles. The largest absolute Gasteiger partial charge is 0.490 e. The number of nitrogens with one attached hydrogen (secondary N) is 1. The number of likely N-dealkylation sites (tertiary alicyclic amines) is 1. The van der Waals surface area contributed by atoms with Crippen LogP contribution in [0.5, 0.6) is 0 Å². The van der Waals surface area contributed by atoms with Crippen molar-refractivity contribution < 1.29 is 32.7 Å². The molecule has 7 nitrogen and oxygen atoms in total. The third-order valence-corrected chi connectivity index (χ3v) is 3.67. The van der Waals surface area contributed by atoms with E-state index in [0.717, 1.165) is 5.69 Å². The van der Waals surface area contributed by atoms with Crippen molar-refractivity contribution in [2.45, 2.75) is 32.9 Å². The standard InChI is InChI=1S/C14H19N3O2.C2HF3O2/c1-3-17-9-11(5-7-13(17)18)14(19)16-12-6-4-10(2)15-8-12;3-2(4,5)1(6)7/h4,6,8,11H,3,5,7,9H2,1-2H3,(H,16,19);(H,6,7). The molecule has 1 aromatic heterocycles. The van der Waals surface area contributed by atoms with Crippen LogP contribution in [0, 0.1) is 12.8 Å². The Balaban J connectivity index is 0.000000412. The number of nitrogens with zero attached hydrogens (tertiary/aromatic N) is 2. The number of carboxylic acids is 1. The van der Waals surface area contributed by atoms with Gasteiger partial charge in [-0.2, -0.15) is 13.2 Å². The second-order valence-electron chi connectivity index (χ2n) is 5.65. The summed E-state index contributed by atoms with van der Waals surface area (Å²) in [6.07, 6.45) is -2.35. The Kier molecular flexibility index (Phi) is 7.54. The number of aryl methyl sites for hydroxylation is 1. The molecule has 2 N–H and O–H groups in total. The van der Waals surface area contributed by atoms with Crippen molar-refractivity contribution in [3.05, 3.63) is 24.0 Å². The van der Waals surface area contributed by atoms with Gasteiger partial charge in [0.05, 0.1) is 17.8 Å². The minimum Gasteiger partial charge on any atom is -0.475 e. The van der Waals surface area contributed by atoms with Gasteiger partial charge >= 0.3 is 12.1 Å². The zero-order chi connectivity index (χ0) is 19.9. The van der Waals surface area contributed by atoms with Crippen LogP contribution in [0.1, 0.15) is 25.5 Å². The molecule has 2 rings (SSSR count). The average Bonchev–Trinajstić information content (AvgIpc) is 2.57. The predicted molar refractivity (Wildman–Crippen MR) is 86.3 cm³/mol. The molecule has 144 valence electrons. The number of rotatable bonds is 3. The van der Waals surface area contributed by atoms with E-state index in [1.165, 1.54) is 0 Å². The van der Waals surface area contributed by atoms with E-state index in [1.807, 2.05) is 26.0 Å². The van der Waals surface area contributed by atoms with Crippen LogP contribution >= 0.6 is 0 Å². The molecule has 0 saturated carbocycles. The highest BCUT2D eigenvalue weighted by molar-refractivity contribution is 5.93. The molecule has 0 radical (unpaired) electrons. The van der Waals surface area contributed by atoms with Gasteiger partial charge in [0, 0.05) is 25.2 Å². The molecule has 26 heavy (non-hydrogen) atoms. The van der Waals surface area contributed by atoms with E-state index < -0.39 is 12.1 Å². The maximum absolute atomic E-state index is 12.1. The van der Waals surface area contributed by atoms with Gasteiger partial charge in [-0.15, -0.1) is 0 Å². The maximum Gasteiger partial charge on any atom is 0.490 e. The van der Waals surface area contributed by atoms with Gasteiger partial charge in [-0.25, -0.2) is 4.79 Å². The number of piperidine rings is 1.